The highest BCUT2D eigenvalue weighted by Gasteiger charge is 2.35. The number of amides is 4. The first-order valence-electron chi connectivity index (χ1n) is 9.24. The molecule has 1 aliphatic heterocycles. The molecule has 0 atom stereocenters. The van der Waals surface area contributed by atoms with Crippen LogP contribution in [0.15, 0.2) is 40.9 Å². The zero-order valence-electron chi connectivity index (χ0n) is 16.1. The second-order valence-electron chi connectivity index (χ2n) is 6.77. The molecule has 3 rings (SSSR count). The van der Waals surface area contributed by atoms with Gasteiger partial charge in [0.1, 0.15) is 5.82 Å². The maximum atomic E-state index is 13.5. The van der Waals surface area contributed by atoms with Crippen LogP contribution in [0.5, 0.6) is 0 Å². The molecule has 2 aromatic rings. The van der Waals surface area contributed by atoms with Crippen LogP contribution in [0.25, 0.3) is 0 Å². The maximum Gasteiger partial charge on any atom is 0.261 e. The summed E-state index contributed by atoms with van der Waals surface area (Å²) >= 11 is 3.27. The van der Waals surface area contributed by atoms with Crippen LogP contribution in [0.1, 0.15) is 43.1 Å². The third kappa shape index (κ3) is 4.73. The van der Waals surface area contributed by atoms with E-state index in [0.29, 0.717) is 21.2 Å². The lowest BCUT2D eigenvalue weighted by molar-refractivity contribution is -0.121. The average Bonchev–Trinajstić information content (AvgIpc) is 2.95. The van der Waals surface area contributed by atoms with Crippen molar-refractivity contribution in [1.29, 1.82) is 0 Å². The molecule has 156 valence electrons. The minimum Gasteiger partial charge on any atom is -0.354 e. The topological polar surface area (TPSA) is 95.6 Å². The fourth-order valence-electron chi connectivity index (χ4n) is 2.98. The summed E-state index contributed by atoms with van der Waals surface area (Å²) < 4.78 is 14.2. The molecule has 1 aliphatic rings. The fraction of sp³-hybridized carbons (Fsp3) is 0.238. The van der Waals surface area contributed by atoms with Crippen LogP contribution < -0.4 is 10.6 Å². The summed E-state index contributed by atoms with van der Waals surface area (Å²) in [6.45, 7) is 1.88. The van der Waals surface area contributed by atoms with Crippen LogP contribution in [0.4, 0.5) is 4.39 Å². The molecular formula is C21H19BrFN3O4. The van der Waals surface area contributed by atoms with E-state index in [9.17, 15) is 23.6 Å². The average molecular weight is 476 g/mol. The Morgan fingerprint density at radius 1 is 1.00 bits per heavy atom. The lowest BCUT2D eigenvalue weighted by Crippen LogP contribution is -2.37. The zero-order valence-corrected chi connectivity index (χ0v) is 17.7. The Morgan fingerprint density at radius 3 is 2.43 bits per heavy atom. The van der Waals surface area contributed by atoms with Crippen molar-refractivity contribution in [3.05, 3.63) is 68.9 Å². The Labute approximate surface area is 180 Å². The number of hydrogen-bond acceptors (Lipinski definition) is 4. The maximum absolute atomic E-state index is 13.5. The van der Waals surface area contributed by atoms with E-state index in [2.05, 4.69) is 26.6 Å². The van der Waals surface area contributed by atoms with Crippen LogP contribution in [0.3, 0.4) is 0 Å². The highest BCUT2D eigenvalue weighted by Crippen LogP contribution is 2.26. The molecule has 0 aromatic heterocycles. The first kappa shape index (κ1) is 21.6. The van der Waals surface area contributed by atoms with E-state index in [1.54, 1.807) is 25.1 Å². The number of benzene rings is 2. The number of hydrogen-bond donors (Lipinski definition) is 2. The molecule has 0 aliphatic carbocycles. The highest BCUT2D eigenvalue weighted by molar-refractivity contribution is 9.10. The number of rotatable bonds is 7. The van der Waals surface area contributed by atoms with Crippen LogP contribution in [0.2, 0.25) is 0 Å². The first-order valence-corrected chi connectivity index (χ1v) is 10.0. The summed E-state index contributed by atoms with van der Waals surface area (Å²) in [5.74, 6) is -2.12. The first-order chi connectivity index (χ1) is 14.3. The van der Waals surface area contributed by atoms with Crippen molar-refractivity contribution < 1.29 is 23.6 Å². The van der Waals surface area contributed by atoms with Gasteiger partial charge in [-0.05, 0) is 42.8 Å². The monoisotopic (exact) mass is 475 g/mol. The van der Waals surface area contributed by atoms with Gasteiger partial charge < -0.3 is 10.6 Å². The van der Waals surface area contributed by atoms with Crippen molar-refractivity contribution in [2.75, 3.05) is 19.6 Å². The van der Waals surface area contributed by atoms with Gasteiger partial charge >= 0.3 is 0 Å². The van der Waals surface area contributed by atoms with Crippen molar-refractivity contribution in [3.8, 4) is 0 Å². The lowest BCUT2D eigenvalue weighted by atomic mass is 10.1. The third-order valence-electron chi connectivity index (χ3n) is 4.66. The van der Waals surface area contributed by atoms with E-state index in [1.165, 1.54) is 12.1 Å². The summed E-state index contributed by atoms with van der Waals surface area (Å²) in [6, 6.07) is 9.03. The summed E-state index contributed by atoms with van der Waals surface area (Å²) in [7, 11) is 0. The molecule has 0 saturated heterocycles. The van der Waals surface area contributed by atoms with Gasteiger partial charge in [0.15, 0.2) is 0 Å². The minimum atomic E-state index is -0.462. The van der Waals surface area contributed by atoms with E-state index < -0.39 is 23.5 Å². The Bertz CT molecular complexity index is 1040. The molecule has 0 bridgehead atoms. The molecule has 9 heteroatoms. The summed E-state index contributed by atoms with van der Waals surface area (Å²) in [6.07, 6.45) is -0.0518. The summed E-state index contributed by atoms with van der Waals surface area (Å²) in [5.41, 5.74) is 1.27. The van der Waals surface area contributed by atoms with Gasteiger partial charge in [0, 0.05) is 36.1 Å². The van der Waals surface area contributed by atoms with Crippen LogP contribution in [0, 0.1) is 12.7 Å². The van der Waals surface area contributed by atoms with E-state index in [4.69, 9.17) is 0 Å². The van der Waals surface area contributed by atoms with Crippen molar-refractivity contribution in [2.45, 2.75) is 13.3 Å². The van der Waals surface area contributed by atoms with E-state index >= 15 is 0 Å². The highest BCUT2D eigenvalue weighted by atomic mass is 79.9. The molecular weight excluding hydrogens is 457 g/mol. The van der Waals surface area contributed by atoms with Crippen LogP contribution >= 0.6 is 15.9 Å². The molecule has 0 radical (unpaired) electrons. The summed E-state index contributed by atoms with van der Waals surface area (Å²) in [4.78, 5) is 49.7. The Hall–Kier alpha value is -3.07. The Kier molecular flexibility index (Phi) is 6.61. The molecule has 1 heterocycles. The lowest BCUT2D eigenvalue weighted by Gasteiger charge is -2.13. The number of nitrogens with zero attached hydrogens (tertiary/aromatic N) is 1. The van der Waals surface area contributed by atoms with Gasteiger partial charge in [-0.1, -0.05) is 22.0 Å². The second kappa shape index (κ2) is 9.17. The van der Waals surface area contributed by atoms with E-state index in [-0.39, 0.29) is 37.5 Å². The SMILES string of the molecule is Cc1ccc(C(=O)NCCNC(=O)CCN2C(=O)c3ccc(Br)cc3C2=O)cc1F. The van der Waals surface area contributed by atoms with Crippen molar-refractivity contribution in [1.82, 2.24) is 15.5 Å². The van der Waals surface area contributed by atoms with Gasteiger partial charge in [-0.3, -0.25) is 24.1 Å². The number of carbonyl (C=O) groups excluding carboxylic acids is 4. The van der Waals surface area contributed by atoms with Crippen molar-refractivity contribution in [2.24, 2.45) is 0 Å². The minimum absolute atomic E-state index is 0.0369. The van der Waals surface area contributed by atoms with Gasteiger partial charge in [-0.15, -0.1) is 0 Å². The molecule has 0 spiro atoms. The van der Waals surface area contributed by atoms with Gasteiger partial charge in [0.25, 0.3) is 17.7 Å². The number of aryl methyl sites for hydroxylation is 1. The molecule has 4 amide bonds. The Morgan fingerprint density at radius 2 is 1.70 bits per heavy atom. The van der Waals surface area contributed by atoms with Gasteiger partial charge in [-0.25, -0.2) is 4.39 Å². The smallest absolute Gasteiger partial charge is 0.261 e. The number of fused-ring (bicyclic) bond motifs is 1. The van der Waals surface area contributed by atoms with Gasteiger partial charge in [0.05, 0.1) is 11.1 Å². The predicted octanol–water partition coefficient (Wildman–Crippen LogP) is 2.43. The molecule has 0 fully saturated rings. The predicted molar refractivity (Wildman–Crippen MR) is 111 cm³/mol. The molecule has 2 N–H and O–H groups in total. The molecule has 7 nitrogen and oxygen atoms in total. The van der Waals surface area contributed by atoms with Crippen LogP contribution in [-0.4, -0.2) is 48.2 Å². The van der Waals surface area contributed by atoms with E-state index in [1.807, 2.05) is 0 Å². The normalized spacial score (nSPS) is 12.7. The molecule has 0 unspecified atom stereocenters. The molecule has 2 aromatic carbocycles. The quantitative estimate of drug-likeness (QED) is 0.474. The number of halogens is 2. The Balaban J connectivity index is 1.41. The van der Waals surface area contributed by atoms with Crippen molar-refractivity contribution >= 4 is 39.6 Å². The van der Waals surface area contributed by atoms with Crippen molar-refractivity contribution in [3.63, 3.8) is 0 Å². The number of imide groups is 1. The standard InChI is InChI=1S/C21H19BrFN3O4/c1-12-2-3-13(10-17(12)23)19(28)25-8-7-24-18(27)6-9-26-20(29)15-5-4-14(22)11-16(15)21(26)30/h2-5,10-11H,6-9H2,1H3,(H,24,27)(H,25,28). The number of nitrogens with one attached hydrogen (secondary N) is 2. The number of carbonyl (C=O) groups is 4. The van der Waals surface area contributed by atoms with Crippen LogP contribution in [-0.2, 0) is 4.79 Å². The van der Waals surface area contributed by atoms with Gasteiger partial charge in [0.2, 0.25) is 5.91 Å². The second-order valence-corrected chi connectivity index (χ2v) is 7.69. The largest absolute Gasteiger partial charge is 0.354 e. The van der Waals surface area contributed by atoms with E-state index in [0.717, 1.165) is 11.0 Å². The third-order valence-corrected chi connectivity index (χ3v) is 5.16. The summed E-state index contributed by atoms with van der Waals surface area (Å²) in [5, 5.41) is 5.20. The van der Waals surface area contributed by atoms with Gasteiger partial charge in [-0.2, -0.15) is 0 Å². The fourth-order valence-corrected chi connectivity index (χ4v) is 3.34. The molecule has 30 heavy (non-hydrogen) atoms. The zero-order chi connectivity index (χ0) is 21.8. The molecule has 0 saturated carbocycles.